The second kappa shape index (κ2) is 6.20. The molecular weight excluding hydrogens is 288 g/mol. The van der Waals surface area contributed by atoms with Gasteiger partial charge in [0.25, 0.3) is 0 Å². The van der Waals surface area contributed by atoms with Crippen molar-refractivity contribution in [1.29, 1.82) is 0 Å². The zero-order valence-electron chi connectivity index (χ0n) is 11.7. The first kappa shape index (κ1) is 14.0. The van der Waals surface area contributed by atoms with Gasteiger partial charge < -0.3 is 0 Å². The summed E-state index contributed by atoms with van der Waals surface area (Å²) in [4.78, 5) is 3.74. The molecule has 108 valence electrons. The van der Waals surface area contributed by atoms with E-state index in [1.165, 1.54) is 37.2 Å². The van der Waals surface area contributed by atoms with Gasteiger partial charge in [0.15, 0.2) is 10.6 Å². The average molecular weight is 308 g/mol. The van der Waals surface area contributed by atoms with E-state index in [-0.39, 0.29) is 0 Å². The Morgan fingerprint density at radius 1 is 1.40 bits per heavy atom. The Labute approximate surface area is 128 Å². The molecule has 1 unspecified atom stereocenters. The lowest BCUT2D eigenvalue weighted by Gasteiger charge is -2.32. The molecule has 1 aliphatic heterocycles. The van der Waals surface area contributed by atoms with Crippen LogP contribution in [0.15, 0.2) is 17.5 Å². The van der Waals surface area contributed by atoms with Crippen LogP contribution in [-0.2, 0) is 6.54 Å². The Bertz CT molecular complexity index is 593. The number of nitrogens with zero attached hydrogens (tertiary/aromatic N) is 3. The van der Waals surface area contributed by atoms with Crippen LogP contribution in [0.5, 0.6) is 0 Å². The highest BCUT2D eigenvalue weighted by molar-refractivity contribution is 7.71. The van der Waals surface area contributed by atoms with Crippen molar-refractivity contribution in [2.24, 2.45) is 0 Å². The van der Waals surface area contributed by atoms with Crippen LogP contribution >= 0.6 is 23.6 Å². The fourth-order valence-electron chi connectivity index (χ4n) is 2.82. The average Bonchev–Trinajstić information content (AvgIpc) is 3.11. The number of nitrogens with one attached hydrogen (secondary N) is 1. The van der Waals surface area contributed by atoms with Crippen LogP contribution in [0.25, 0.3) is 10.7 Å². The molecule has 2 aromatic rings. The van der Waals surface area contributed by atoms with Gasteiger partial charge in [-0.05, 0) is 56.5 Å². The SMILES string of the molecule is CC(Cn1c(-c2cccs2)n[nH]c1=S)N1CCCCC1. The summed E-state index contributed by atoms with van der Waals surface area (Å²) in [6.45, 7) is 5.61. The fraction of sp³-hybridized carbons (Fsp3) is 0.571. The predicted molar refractivity (Wildman–Crippen MR) is 85.6 cm³/mol. The van der Waals surface area contributed by atoms with Gasteiger partial charge in [-0.1, -0.05) is 12.5 Å². The first-order chi connectivity index (χ1) is 9.75. The quantitative estimate of drug-likeness (QED) is 0.878. The van der Waals surface area contributed by atoms with Crippen LogP contribution < -0.4 is 0 Å². The van der Waals surface area contributed by atoms with Gasteiger partial charge in [-0.2, -0.15) is 5.10 Å². The smallest absolute Gasteiger partial charge is 0.195 e. The Morgan fingerprint density at radius 3 is 2.90 bits per heavy atom. The Morgan fingerprint density at radius 2 is 2.20 bits per heavy atom. The molecule has 4 nitrogen and oxygen atoms in total. The summed E-state index contributed by atoms with van der Waals surface area (Å²) in [5.41, 5.74) is 0. The summed E-state index contributed by atoms with van der Waals surface area (Å²) in [5, 5.41) is 9.41. The highest BCUT2D eigenvalue weighted by Crippen LogP contribution is 2.23. The fourth-order valence-corrected chi connectivity index (χ4v) is 3.75. The molecule has 0 radical (unpaired) electrons. The molecule has 0 aliphatic carbocycles. The predicted octanol–water partition coefficient (Wildman–Crippen LogP) is 3.54. The van der Waals surface area contributed by atoms with E-state index in [9.17, 15) is 0 Å². The van der Waals surface area contributed by atoms with E-state index in [1.54, 1.807) is 11.3 Å². The highest BCUT2D eigenvalue weighted by atomic mass is 32.1. The molecule has 1 saturated heterocycles. The molecule has 0 aromatic carbocycles. The molecule has 1 aliphatic rings. The van der Waals surface area contributed by atoms with Gasteiger partial charge in [0.1, 0.15) is 0 Å². The molecule has 1 atom stereocenters. The van der Waals surface area contributed by atoms with Crippen molar-refractivity contribution in [2.75, 3.05) is 13.1 Å². The number of rotatable bonds is 4. The summed E-state index contributed by atoms with van der Waals surface area (Å²) < 4.78 is 2.86. The minimum Gasteiger partial charge on any atom is -0.299 e. The number of piperidine rings is 1. The van der Waals surface area contributed by atoms with E-state index in [0.29, 0.717) is 6.04 Å². The van der Waals surface area contributed by atoms with Crippen LogP contribution in [0.1, 0.15) is 26.2 Å². The first-order valence-electron chi connectivity index (χ1n) is 7.19. The van der Waals surface area contributed by atoms with E-state index >= 15 is 0 Å². The van der Waals surface area contributed by atoms with Crippen molar-refractivity contribution in [3.63, 3.8) is 0 Å². The molecule has 6 heteroatoms. The largest absolute Gasteiger partial charge is 0.299 e. The molecule has 20 heavy (non-hydrogen) atoms. The summed E-state index contributed by atoms with van der Waals surface area (Å²) in [5.74, 6) is 0.967. The first-order valence-corrected chi connectivity index (χ1v) is 8.47. The van der Waals surface area contributed by atoms with Crippen molar-refractivity contribution in [1.82, 2.24) is 19.7 Å². The third-order valence-corrected chi connectivity index (χ3v) is 5.14. The molecule has 2 aromatic heterocycles. The lowest BCUT2D eigenvalue weighted by molar-refractivity contribution is 0.159. The van der Waals surface area contributed by atoms with E-state index in [2.05, 4.69) is 44.1 Å². The summed E-state index contributed by atoms with van der Waals surface area (Å²) in [6, 6.07) is 4.65. The van der Waals surface area contributed by atoms with Gasteiger partial charge in [-0.15, -0.1) is 11.3 Å². The van der Waals surface area contributed by atoms with Crippen molar-refractivity contribution in [3.8, 4) is 10.7 Å². The number of aromatic nitrogens is 3. The molecule has 3 rings (SSSR count). The highest BCUT2D eigenvalue weighted by Gasteiger charge is 2.19. The van der Waals surface area contributed by atoms with Gasteiger partial charge in [0.05, 0.1) is 4.88 Å². The normalized spacial score (nSPS) is 18.2. The maximum Gasteiger partial charge on any atom is 0.195 e. The second-order valence-corrected chi connectivity index (χ2v) is 6.72. The van der Waals surface area contributed by atoms with E-state index < -0.39 is 0 Å². The molecular formula is C14H20N4S2. The summed E-state index contributed by atoms with van der Waals surface area (Å²) in [6.07, 6.45) is 4.01. The van der Waals surface area contributed by atoms with Crippen LogP contribution in [-0.4, -0.2) is 38.8 Å². The third kappa shape index (κ3) is 2.87. The summed E-state index contributed by atoms with van der Waals surface area (Å²) in [7, 11) is 0. The second-order valence-electron chi connectivity index (χ2n) is 5.39. The van der Waals surface area contributed by atoms with Crippen LogP contribution in [0.4, 0.5) is 0 Å². The summed E-state index contributed by atoms with van der Waals surface area (Å²) >= 11 is 7.10. The van der Waals surface area contributed by atoms with Crippen molar-refractivity contribution >= 4 is 23.6 Å². The van der Waals surface area contributed by atoms with Gasteiger partial charge in [0, 0.05) is 12.6 Å². The molecule has 1 N–H and O–H groups in total. The molecule has 0 saturated carbocycles. The zero-order chi connectivity index (χ0) is 13.9. The van der Waals surface area contributed by atoms with Crippen molar-refractivity contribution < 1.29 is 0 Å². The lowest BCUT2D eigenvalue weighted by Crippen LogP contribution is -2.39. The van der Waals surface area contributed by atoms with Crippen molar-refractivity contribution in [3.05, 3.63) is 22.3 Å². The van der Waals surface area contributed by atoms with Crippen LogP contribution in [0.2, 0.25) is 0 Å². The topological polar surface area (TPSA) is 36.9 Å². The van der Waals surface area contributed by atoms with Gasteiger partial charge in [-0.25, -0.2) is 0 Å². The maximum absolute atomic E-state index is 5.40. The zero-order valence-corrected chi connectivity index (χ0v) is 13.3. The number of aromatic amines is 1. The lowest BCUT2D eigenvalue weighted by atomic mass is 10.1. The number of hydrogen-bond donors (Lipinski definition) is 1. The number of likely N-dealkylation sites (tertiary alicyclic amines) is 1. The number of thiophene rings is 1. The third-order valence-electron chi connectivity index (χ3n) is 3.96. The number of hydrogen-bond acceptors (Lipinski definition) is 4. The van der Waals surface area contributed by atoms with Gasteiger partial charge >= 0.3 is 0 Å². The van der Waals surface area contributed by atoms with E-state index in [0.717, 1.165) is 17.1 Å². The standard InChI is InChI=1S/C14H20N4S2/c1-11(17-7-3-2-4-8-17)10-18-13(15-16-14(18)19)12-6-5-9-20-12/h5-6,9,11H,2-4,7-8,10H2,1H3,(H,16,19). The van der Waals surface area contributed by atoms with Crippen LogP contribution in [0.3, 0.4) is 0 Å². The minimum absolute atomic E-state index is 0.498. The molecule has 1 fully saturated rings. The van der Waals surface area contributed by atoms with Gasteiger partial charge in [0.2, 0.25) is 0 Å². The Balaban J connectivity index is 1.80. The Kier molecular flexibility index (Phi) is 4.33. The van der Waals surface area contributed by atoms with Crippen molar-refractivity contribution in [2.45, 2.75) is 38.8 Å². The number of H-pyrrole nitrogens is 1. The van der Waals surface area contributed by atoms with Crippen LogP contribution in [0, 0.1) is 4.77 Å². The molecule has 0 spiro atoms. The van der Waals surface area contributed by atoms with E-state index in [4.69, 9.17) is 12.2 Å². The van der Waals surface area contributed by atoms with E-state index in [1.807, 2.05) is 0 Å². The molecule has 0 bridgehead atoms. The maximum atomic E-state index is 5.40. The Hall–Kier alpha value is -0.980. The minimum atomic E-state index is 0.498. The molecule has 3 heterocycles. The van der Waals surface area contributed by atoms with Gasteiger partial charge in [-0.3, -0.25) is 14.6 Å². The monoisotopic (exact) mass is 308 g/mol. The molecule has 0 amide bonds.